The minimum Gasteiger partial charge on any atom is -0.466 e. The Morgan fingerprint density at radius 2 is 2.27 bits per heavy atom. The Balaban J connectivity index is 3.86. The van der Waals surface area contributed by atoms with Crippen LogP contribution in [0.3, 0.4) is 0 Å². The maximum absolute atomic E-state index is 10.4. The molecule has 0 heterocycles. The zero-order chi connectivity index (χ0) is 8.53. The Bertz CT molecular complexity index is 270. The van der Waals surface area contributed by atoms with Crippen LogP contribution in [0.1, 0.15) is 0 Å². The van der Waals surface area contributed by atoms with Crippen LogP contribution in [0.25, 0.3) is 0 Å². The highest BCUT2D eigenvalue weighted by molar-refractivity contribution is 9.12. The summed E-state index contributed by atoms with van der Waals surface area (Å²) in [4.78, 5) is 12.8. The molecule has 0 radical (unpaired) electrons. The van der Waals surface area contributed by atoms with Gasteiger partial charge in [-0.05, 0) is 22.7 Å². The highest BCUT2D eigenvalue weighted by Gasteiger charge is 1.85. The summed E-state index contributed by atoms with van der Waals surface area (Å²) >= 11 is 2.86. The van der Waals surface area contributed by atoms with Gasteiger partial charge in [0.25, 0.3) is 0 Å². The van der Waals surface area contributed by atoms with Crippen LogP contribution in [0, 0.1) is 22.6 Å². The molecule has 0 saturated heterocycles. The van der Waals surface area contributed by atoms with Crippen LogP contribution in [0.5, 0.6) is 0 Å². The summed E-state index contributed by atoms with van der Waals surface area (Å²) < 4.78 is 4.32. The van der Waals surface area contributed by atoms with Crippen molar-refractivity contribution in [2.75, 3.05) is 7.11 Å². The number of carbonyl (C=O) groups is 1. The second-order valence-electron chi connectivity index (χ2n) is 1.35. The maximum Gasteiger partial charge on any atom is 0.331 e. The van der Waals surface area contributed by atoms with Gasteiger partial charge in [0.05, 0.1) is 7.11 Å². The topological polar surface area (TPSA) is 26.3 Å². The molecule has 2 nitrogen and oxygen atoms in total. The van der Waals surface area contributed by atoms with Crippen LogP contribution in [0.4, 0.5) is 0 Å². The first-order chi connectivity index (χ1) is 5.31. The van der Waals surface area contributed by atoms with E-state index in [2.05, 4.69) is 43.3 Å². The molecule has 0 fully saturated rings. The molecule has 0 aromatic heterocycles. The van der Waals surface area contributed by atoms with Gasteiger partial charge >= 0.3 is 5.97 Å². The van der Waals surface area contributed by atoms with Gasteiger partial charge in [0.15, 0.2) is 0 Å². The smallest absolute Gasteiger partial charge is 0.331 e. The van der Waals surface area contributed by atoms with Crippen molar-refractivity contribution in [1.29, 1.82) is 0 Å². The quantitative estimate of drug-likeness (QED) is 0.370. The van der Waals surface area contributed by atoms with E-state index in [1.807, 2.05) is 0 Å². The molecule has 11 heavy (non-hydrogen) atoms. The van der Waals surface area contributed by atoms with E-state index in [9.17, 15) is 4.79 Å². The molecule has 0 aliphatic rings. The molecule has 56 valence electrons. The van der Waals surface area contributed by atoms with E-state index in [-0.39, 0.29) is 0 Å². The fourth-order valence-corrected chi connectivity index (χ4v) is 0.378. The van der Waals surface area contributed by atoms with Gasteiger partial charge in [0.1, 0.15) is 0 Å². The third-order valence-corrected chi connectivity index (χ3v) is 0.884. The molecule has 0 aliphatic heterocycles. The van der Waals surface area contributed by atoms with Gasteiger partial charge in [-0.25, -0.2) is 4.79 Å². The number of esters is 1. The molecule has 0 aromatic rings. The molecular weight excluding hydrogens is 208 g/mol. The summed E-state index contributed by atoms with van der Waals surface area (Å²) in [6.07, 6.45) is 2.60. The van der Waals surface area contributed by atoms with E-state index in [0.29, 0.717) is 0 Å². The number of hydrogen-bond acceptors (Lipinski definition) is 2. The van der Waals surface area contributed by atoms with Crippen LogP contribution >= 0.6 is 15.9 Å². The molecule has 0 spiro atoms. The predicted molar refractivity (Wildman–Crippen MR) is 45.6 cm³/mol. The Morgan fingerprint density at radius 1 is 1.55 bits per heavy atom. The predicted octanol–water partition coefficient (Wildman–Crippen LogP) is 1.07. The van der Waals surface area contributed by atoms with Crippen LogP contribution < -0.4 is 0 Å². The minimum absolute atomic E-state index is 0.425. The summed E-state index contributed by atoms with van der Waals surface area (Å²) in [5.74, 6) is 7.00. The summed E-state index contributed by atoms with van der Waals surface area (Å²) in [6.45, 7) is 0. The third-order valence-electron chi connectivity index (χ3n) is 0.686. The lowest BCUT2D eigenvalue weighted by molar-refractivity contribution is -0.134. The van der Waals surface area contributed by atoms with Crippen molar-refractivity contribution in [2.45, 2.75) is 0 Å². The number of carbonyl (C=O) groups excluding carboxylic acids is 1. The summed E-state index contributed by atoms with van der Waals surface area (Å²) in [6, 6.07) is 0. The zero-order valence-electron chi connectivity index (χ0n) is 5.85. The molecule has 0 saturated carbocycles. The molecule has 3 heteroatoms. The van der Waals surface area contributed by atoms with Crippen molar-refractivity contribution in [3.8, 4) is 22.6 Å². The zero-order valence-corrected chi connectivity index (χ0v) is 7.44. The Hall–Kier alpha value is -1.19. The average Bonchev–Trinajstić information content (AvgIpc) is 2.04. The van der Waals surface area contributed by atoms with Crippen LogP contribution in [-0.4, -0.2) is 13.1 Å². The van der Waals surface area contributed by atoms with E-state index in [1.165, 1.54) is 19.3 Å². The minimum atomic E-state index is -0.425. The van der Waals surface area contributed by atoms with Gasteiger partial charge < -0.3 is 4.74 Å². The molecule has 0 unspecified atom stereocenters. The standard InChI is InChI=1S/C8H5BrO2/c1-11-8(10)6-4-2-3-5-7-9/h4,6H,1H3/b6-4+. The van der Waals surface area contributed by atoms with Crippen molar-refractivity contribution in [1.82, 2.24) is 0 Å². The number of halogens is 1. The second-order valence-corrected chi connectivity index (χ2v) is 1.74. The van der Waals surface area contributed by atoms with Gasteiger partial charge in [0, 0.05) is 22.0 Å². The molecule has 0 aliphatic carbocycles. The highest BCUT2D eigenvalue weighted by atomic mass is 79.9. The number of allylic oxidation sites excluding steroid dienone is 1. The summed E-state index contributed by atoms with van der Waals surface area (Å²) in [5, 5.41) is 0. The normalized spacial score (nSPS) is 7.45. The van der Waals surface area contributed by atoms with Crippen LogP contribution in [0.2, 0.25) is 0 Å². The first-order valence-electron chi connectivity index (χ1n) is 2.67. The van der Waals surface area contributed by atoms with Crippen molar-refractivity contribution < 1.29 is 9.53 Å². The van der Waals surface area contributed by atoms with Crippen LogP contribution in [-0.2, 0) is 9.53 Å². The fourth-order valence-electron chi connectivity index (χ4n) is 0.279. The number of methoxy groups -OCH3 is 1. The van der Waals surface area contributed by atoms with Crippen molar-refractivity contribution in [3.05, 3.63) is 12.2 Å². The average molecular weight is 213 g/mol. The molecular formula is C8H5BrO2. The van der Waals surface area contributed by atoms with Gasteiger partial charge in [-0.1, -0.05) is 5.92 Å². The molecule has 0 rings (SSSR count). The van der Waals surface area contributed by atoms with Crippen LogP contribution in [0.15, 0.2) is 12.2 Å². The second kappa shape index (κ2) is 6.92. The lowest BCUT2D eigenvalue weighted by Gasteiger charge is -1.84. The van der Waals surface area contributed by atoms with E-state index < -0.39 is 5.97 Å². The first kappa shape index (κ1) is 9.81. The van der Waals surface area contributed by atoms with E-state index in [4.69, 9.17) is 0 Å². The lowest BCUT2D eigenvalue weighted by Crippen LogP contribution is -1.92. The number of ether oxygens (including phenoxy) is 1. The van der Waals surface area contributed by atoms with Crippen molar-refractivity contribution in [3.63, 3.8) is 0 Å². The highest BCUT2D eigenvalue weighted by Crippen LogP contribution is 1.75. The molecule has 0 bridgehead atoms. The van der Waals surface area contributed by atoms with Gasteiger partial charge in [0.2, 0.25) is 0 Å². The number of rotatable bonds is 1. The third kappa shape index (κ3) is 6.70. The van der Waals surface area contributed by atoms with E-state index in [0.717, 1.165) is 0 Å². The van der Waals surface area contributed by atoms with Crippen molar-refractivity contribution >= 4 is 21.9 Å². The summed E-state index contributed by atoms with van der Waals surface area (Å²) in [7, 11) is 1.30. The SMILES string of the molecule is COC(=O)/C=C/C#CC#CBr. The Kier molecular flexibility index (Phi) is 6.17. The first-order valence-corrected chi connectivity index (χ1v) is 3.46. The molecule has 0 N–H and O–H groups in total. The number of hydrogen-bond donors (Lipinski definition) is 0. The van der Waals surface area contributed by atoms with Gasteiger partial charge in [-0.15, -0.1) is 0 Å². The lowest BCUT2D eigenvalue weighted by atomic mass is 10.5. The monoisotopic (exact) mass is 212 g/mol. The largest absolute Gasteiger partial charge is 0.466 e. The van der Waals surface area contributed by atoms with Crippen molar-refractivity contribution in [2.24, 2.45) is 0 Å². The summed E-state index contributed by atoms with van der Waals surface area (Å²) in [5.41, 5.74) is 0. The molecule has 0 amide bonds. The Labute approximate surface area is 73.7 Å². The molecule has 0 aromatic carbocycles. The fraction of sp³-hybridized carbons (Fsp3) is 0.125. The van der Waals surface area contributed by atoms with Gasteiger partial charge in [-0.3, -0.25) is 0 Å². The van der Waals surface area contributed by atoms with Gasteiger partial charge in [-0.2, -0.15) is 0 Å². The maximum atomic E-state index is 10.4. The van der Waals surface area contributed by atoms with E-state index >= 15 is 0 Å². The Morgan fingerprint density at radius 3 is 2.82 bits per heavy atom. The molecule has 0 atom stereocenters. The van der Waals surface area contributed by atoms with E-state index in [1.54, 1.807) is 0 Å².